The summed E-state index contributed by atoms with van der Waals surface area (Å²) >= 11 is 0. The minimum Gasteiger partial charge on any atom is -0.409 e. The molecule has 4 nitrogen and oxygen atoms in total. The predicted molar refractivity (Wildman–Crippen MR) is 50.7 cm³/mol. The van der Waals surface area contributed by atoms with Crippen LogP contribution in [0.15, 0.2) is 5.16 Å². The van der Waals surface area contributed by atoms with Crippen LogP contribution in [0.25, 0.3) is 0 Å². The Bertz CT molecular complexity index is 206. The van der Waals surface area contributed by atoms with Crippen molar-refractivity contribution in [1.29, 1.82) is 0 Å². The standard InChI is InChI=1S/C8H16F3N3O/c1-6(7(12)14-15)5-13-4-2-3-8(9,10)11/h6,13,15H,2-5H2,1H3,(H2,12,14). The number of hydrogen-bond donors (Lipinski definition) is 3. The van der Waals surface area contributed by atoms with E-state index in [2.05, 4.69) is 10.5 Å². The van der Waals surface area contributed by atoms with Crippen molar-refractivity contribution in [3.8, 4) is 0 Å². The SMILES string of the molecule is CC(CNCCCC(F)(F)F)C(N)=NO. The molecule has 1 unspecified atom stereocenters. The van der Waals surface area contributed by atoms with Gasteiger partial charge in [-0.1, -0.05) is 12.1 Å². The third-order valence-electron chi connectivity index (χ3n) is 1.88. The average Bonchev–Trinajstić information content (AvgIpc) is 2.14. The molecule has 0 bridgehead atoms. The van der Waals surface area contributed by atoms with E-state index < -0.39 is 12.6 Å². The molecule has 4 N–H and O–H groups in total. The normalized spacial score (nSPS) is 15.3. The fourth-order valence-corrected chi connectivity index (χ4v) is 0.936. The molecule has 0 aromatic carbocycles. The molecule has 0 saturated carbocycles. The van der Waals surface area contributed by atoms with Crippen LogP contribution in [0, 0.1) is 5.92 Å². The van der Waals surface area contributed by atoms with E-state index in [1.165, 1.54) is 0 Å². The highest BCUT2D eigenvalue weighted by molar-refractivity contribution is 5.82. The Labute approximate surface area is 86.3 Å². The highest BCUT2D eigenvalue weighted by Crippen LogP contribution is 2.20. The predicted octanol–water partition coefficient (Wildman–Crippen LogP) is 1.30. The summed E-state index contributed by atoms with van der Waals surface area (Å²) in [4.78, 5) is 0. The number of hydrogen-bond acceptors (Lipinski definition) is 3. The molecule has 90 valence electrons. The molecule has 0 saturated heterocycles. The van der Waals surface area contributed by atoms with Crippen LogP contribution in [0.1, 0.15) is 19.8 Å². The van der Waals surface area contributed by atoms with Crippen LogP contribution in [-0.4, -0.2) is 30.3 Å². The second-order valence-electron chi connectivity index (χ2n) is 3.35. The number of alkyl halides is 3. The zero-order valence-corrected chi connectivity index (χ0v) is 8.51. The van der Waals surface area contributed by atoms with Crippen LogP contribution >= 0.6 is 0 Å². The molecule has 0 aliphatic carbocycles. The number of nitrogens with one attached hydrogen (secondary N) is 1. The number of halogens is 3. The average molecular weight is 227 g/mol. The molecule has 0 fully saturated rings. The molecule has 7 heteroatoms. The Morgan fingerprint density at radius 2 is 2.13 bits per heavy atom. The minimum atomic E-state index is -4.10. The van der Waals surface area contributed by atoms with Crippen LogP contribution in [0.2, 0.25) is 0 Å². The fraction of sp³-hybridized carbons (Fsp3) is 0.875. The lowest BCUT2D eigenvalue weighted by Gasteiger charge is -2.11. The summed E-state index contributed by atoms with van der Waals surface area (Å²) in [6.07, 6.45) is -4.86. The number of nitrogens with zero attached hydrogens (tertiary/aromatic N) is 1. The van der Waals surface area contributed by atoms with Gasteiger partial charge < -0.3 is 16.3 Å². The van der Waals surface area contributed by atoms with Crippen molar-refractivity contribution < 1.29 is 18.4 Å². The Morgan fingerprint density at radius 3 is 2.60 bits per heavy atom. The van der Waals surface area contributed by atoms with E-state index in [-0.39, 0.29) is 24.7 Å². The first-order chi connectivity index (χ1) is 6.87. The summed E-state index contributed by atoms with van der Waals surface area (Å²) < 4.78 is 35.2. The summed E-state index contributed by atoms with van der Waals surface area (Å²) in [5.74, 6) is -0.126. The van der Waals surface area contributed by atoms with Crippen molar-refractivity contribution in [2.75, 3.05) is 13.1 Å². The van der Waals surface area contributed by atoms with Crippen molar-refractivity contribution >= 4 is 5.84 Å². The zero-order chi connectivity index (χ0) is 11.9. The number of nitrogens with two attached hydrogens (primary N) is 1. The monoisotopic (exact) mass is 227 g/mol. The topological polar surface area (TPSA) is 70.6 Å². The van der Waals surface area contributed by atoms with E-state index in [9.17, 15) is 13.2 Å². The summed E-state index contributed by atoms with van der Waals surface area (Å²) in [5, 5.41) is 13.9. The lowest BCUT2D eigenvalue weighted by molar-refractivity contribution is -0.135. The third-order valence-corrected chi connectivity index (χ3v) is 1.88. The summed E-state index contributed by atoms with van der Waals surface area (Å²) in [5.41, 5.74) is 5.28. The molecule has 0 aromatic heterocycles. The second-order valence-corrected chi connectivity index (χ2v) is 3.35. The first-order valence-electron chi connectivity index (χ1n) is 4.61. The summed E-state index contributed by atoms with van der Waals surface area (Å²) in [7, 11) is 0. The van der Waals surface area contributed by atoms with Gasteiger partial charge in [0.1, 0.15) is 5.84 Å². The largest absolute Gasteiger partial charge is 0.409 e. The number of rotatable bonds is 6. The van der Waals surface area contributed by atoms with Crippen LogP contribution in [0.3, 0.4) is 0 Å². The first kappa shape index (κ1) is 14.0. The number of oxime groups is 1. The zero-order valence-electron chi connectivity index (χ0n) is 8.51. The molecule has 0 spiro atoms. The Balaban J connectivity index is 3.47. The second kappa shape index (κ2) is 6.49. The van der Waals surface area contributed by atoms with Crippen molar-refractivity contribution in [3.63, 3.8) is 0 Å². The van der Waals surface area contributed by atoms with Gasteiger partial charge in [0.05, 0.1) is 0 Å². The first-order valence-corrected chi connectivity index (χ1v) is 4.61. The molecular formula is C8H16F3N3O. The summed E-state index contributed by atoms with van der Waals surface area (Å²) in [6.45, 7) is 2.38. The Hall–Kier alpha value is -0.980. The van der Waals surface area contributed by atoms with E-state index in [1.807, 2.05) is 0 Å². The Morgan fingerprint density at radius 1 is 1.53 bits per heavy atom. The van der Waals surface area contributed by atoms with Crippen molar-refractivity contribution in [1.82, 2.24) is 5.32 Å². The molecule has 0 aliphatic rings. The van der Waals surface area contributed by atoms with Crippen molar-refractivity contribution in [2.45, 2.75) is 25.9 Å². The van der Waals surface area contributed by atoms with Gasteiger partial charge in [0, 0.05) is 18.9 Å². The molecule has 0 radical (unpaired) electrons. The fourth-order valence-electron chi connectivity index (χ4n) is 0.936. The van der Waals surface area contributed by atoms with E-state index in [0.717, 1.165) is 0 Å². The lowest BCUT2D eigenvalue weighted by atomic mass is 10.1. The van der Waals surface area contributed by atoms with Crippen LogP contribution < -0.4 is 11.1 Å². The van der Waals surface area contributed by atoms with Crippen molar-refractivity contribution in [2.24, 2.45) is 16.8 Å². The molecule has 0 amide bonds. The molecule has 15 heavy (non-hydrogen) atoms. The maximum absolute atomic E-state index is 11.7. The smallest absolute Gasteiger partial charge is 0.389 e. The molecule has 0 rings (SSSR count). The Kier molecular flexibility index (Phi) is 6.07. The lowest BCUT2D eigenvalue weighted by Crippen LogP contribution is -2.32. The van der Waals surface area contributed by atoms with Crippen LogP contribution in [0.4, 0.5) is 13.2 Å². The minimum absolute atomic E-state index is 0.0341. The molecule has 0 aliphatic heterocycles. The van der Waals surface area contributed by atoms with Crippen molar-refractivity contribution in [3.05, 3.63) is 0 Å². The van der Waals surface area contributed by atoms with Gasteiger partial charge in [0.15, 0.2) is 0 Å². The van der Waals surface area contributed by atoms with Gasteiger partial charge in [0.25, 0.3) is 0 Å². The van der Waals surface area contributed by atoms with Gasteiger partial charge in [0.2, 0.25) is 0 Å². The summed E-state index contributed by atoms with van der Waals surface area (Å²) in [6, 6.07) is 0. The highest BCUT2D eigenvalue weighted by atomic mass is 19.4. The molecule has 1 atom stereocenters. The number of amidine groups is 1. The van der Waals surface area contributed by atoms with Gasteiger partial charge in [-0.15, -0.1) is 0 Å². The molecular weight excluding hydrogens is 211 g/mol. The highest BCUT2D eigenvalue weighted by Gasteiger charge is 2.25. The molecule has 0 aromatic rings. The van der Waals surface area contributed by atoms with E-state index in [0.29, 0.717) is 6.54 Å². The van der Waals surface area contributed by atoms with E-state index >= 15 is 0 Å². The third kappa shape index (κ3) is 8.04. The molecule has 0 heterocycles. The maximum atomic E-state index is 11.7. The quantitative estimate of drug-likeness (QED) is 0.210. The van der Waals surface area contributed by atoms with Gasteiger partial charge in [-0.05, 0) is 13.0 Å². The van der Waals surface area contributed by atoms with Crippen LogP contribution in [0.5, 0.6) is 0 Å². The van der Waals surface area contributed by atoms with E-state index in [1.54, 1.807) is 6.92 Å². The van der Waals surface area contributed by atoms with Gasteiger partial charge in [-0.3, -0.25) is 0 Å². The maximum Gasteiger partial charge on any atom is 0.389 e. The van der Waals surface area contributed by atoms with Gasteiger partial charge >= 0.3 is 6.18 Å². The van der Waals surface area contributed by atoms with Gasteiger partial charge in [-0.25, -0.2) is 0 Å². The van der Waals surface area contributed by atoms with E-state index in [4.69, 9.17) is 10.9 Å². The van der Waals surface area contributed by atoms with Crippen LogP contribution in [-0.2, 0) is 0 Å². The van der Waals surface area contributed by atoms with Gasteiger partial charge in [-0.2, -0.15) is 13.2 Å².